The third-order valence-corrected chi connectivity index (χ3v) is 4.09. The van der Waals surface area contributed by atoms with Crippen molar-refractivity contribution in [2.75, 3.05) is 25.1 Å². The van der Waals surface area contributed by atoms with E-state index in [1.165, 1.54) is 19.3 Å². The Morgan fingerprint density at radius 1 is 1.25 bits per heavy atom. The Kier molecular flexibility index (Phi) is 9.52. The summed E-state index contributed by atoms with van der Waals surface area (Å²) in [5, 5.41) is 13.1. The Bertz CT molecular complexity index is 388. The van der Waals surface area contributed by atoms with Crippen LogP contribution < -0.4 is 5.32 Å². The molecule has 1 aromatic rings. The number of hydrogen-bond acceptors (Lipinski definition) is 3. The van der Waals surface area contributed by atoms with Crippen molar-refractivity contribution in [1.82, 2.24) is 0 Å². The lowest BCUT2D eigenvalue weighted by Gasteiger charge is -2.14. The average molecular weight is 409 g/mol. The number of aliphatic hydroxyl groups excluding tert-OH is 1. The first kappa shape index (κ1) is 18.0. The third kappa shape index (κ3) is 7.62. The number of rotatable bonds is 10. The Hall–Kier alpha value is -0.100. The van der Waals surface area contributed by atoms with Gasteiger partial charge in [0, 0.05) is 27.8 Å². The molecule has 0 aliphatic rings. The van der Waals surface area contributed by atoms with Gasteiger partial charge in [-0.1, -0.05) is 42.1 Å². The Labute approximate surface area is 138 Å². The van der Waals surface area contributed by atoms with Gasteiger partial charge in [-0.05, 0) is 40.5 Å². The summed E-state index contributed by atoms with van der Waals surface area (Å²) in [6, 6.07) is 5.90. The fourth-order valence-corrected chi connectivity index (χ4v) is 2.52. The van der Waals surface area contributed by atoms with E-state index < -0.39 is 6.10 Å². The second-order valence-corrected chi connectivity index (χ2v) is 6.56. The van der Waals surface area contributed by atoms with Gasteiger partial charge in [0.1, 0.15) is 0 Å². The number of aliphatic hydroxyl groups is 1. The summed E-state index contributed by atoms with van der Waals surface area (Å²) in [6.45, 7) is 3.78. The number of ether oxygens (including phenoxy) is 1. The molecule has 0 amide bonds. The van der Waals surface area contributed by atoms with Crippen LogP contribution >= 0.6 is 31.9 Å². The standard InChI is InChI=1S/C15H23Br2NO2/c1-2-3-4-5-8-20-11-13(19)10-18-15-9-12(16)6-7-14(15)17/h6-7,9,13,18-19H,2-5,8,10-11H2,1H3. The molecule has 1 aromatic carbocycles. The Balaban J connectivity index is 2.16. The predicted octanol–water partition coefficient (Wildman–Crippen LogP) is 4.58. The van der Waals surface area contributed by atoms with Crippen LogP contribution in [0.5, 0.6) is 0 Å². The van der Waals surface area contributed by atoms with Crippen molar-refractivity contribution in [1.29, 1.82) is 0 Å². The minimum atomic E-state index is -0.493. The summed E-state index contributed by atoms with van der Waals surface area (Å²) in [5.74, 6) is 0. The molecule has 1 rings (SSSR count). The van der Waals surface area contributed by atoms with Gasteiger partial charge in [0.25, 0.3) is 0 Å². The van der Waals surface area contributed by atoms with E-state index in [1.807, 2.05) is 18.2 Å². The van der Waals surface area contributed by atoms with Gasteiger partial charge < -0.3 is 15.2 Å². The molecule has 0 aliphatic carbocycles. The number of benzene rings is 1. The zero-order chi connectivity index (χ0) is 14.8. The van der Waals surface area contributed by atoms with Crippen molar-refractivity contribution >= 4 is 37.5 Å². The minimum absolute atomic E-state index is 0.380. The van der Waals surface area contributed by atoms with Crippen LogP contribution in [-0.2, 0) is 4.74 Å². The number of unbranched alkanes of at least 4 members (excludes halogenated alkanes) is 3. The molecule has 1 unspecified atom stereocenters. The maximum Gasteiger partial charge on any atom is 0.0945 e. The van der Waals surface area contributed by atoms with Crippen molar-refractivity contribution in [3.05, 3.63) is 27.1 Å². The van der Waals surface area contributed by atoms with Gasteiger partial charge in [-0.25, -0.2) is 0 Å². The van der Waals surface area contributed by atoms with Crippen molar-refractivity contribution in [2.24, 2.45) is 0 Å². The van der Waals surface area contributed by atoms with Crippen LogP contribution in [0, 0.1) is 0 Å². The van der Waals surface area contributed by atoms with Gasteiger partial charge in [0.05, 0.1) is 12.7 Å². The molecule has 0 spiro atoms. The van der Waals surface area contributed by atoms with Gasteiger partial charge in [-0.3, -0.25) is 0 Å². The lowest BCUT2D eigenvalue weighted by Crippen LogP contribution is -2.25. The molecular formula is C15H23Br2NO2. The molecular weight excluding hydrogens is 386 g/mol. The van der Waals surface area contributed by atoms with Gasteiger partial charge in [-0.15, -0.1) is 0 Å². The van der Waals surface area contributed by atoms with Crippen LogP contribution in [0.4, 0.5) is 5.69 Å². The zero-order valence-electron chi connectivity index (χ0n) is 11.9. The number of hydrogen-bond donors (Lipinski definition) is 2. The van der Waals surface area contributed by atoms with E-state index in [9.17, 15) is 5.11 Å². The first-order chi connectivity index (χ1) is 9.63. The summed E-state index contributed by atoms with van der Waals surface area (Å²) >= 11 is 6.90. The summed E-state index contributed by atoms with van der Waals surface area (Å²) in [7, 11) is 0. The second-order valence-electron chi connectivity index (χ2n) is 4.79. The van der Waals surface area contributed by atoms with Crippen molar-refractivity contribution < 1.29 is 9.84 Å². The van der Waals surface area contributed by atoms with Crippen molar-refractivity contribution in [3.8, 4) is 0 Å². The smallest absolute Gasteiger partial charge is 0.0945 e. The molecule has 0 fully saturated rings. The molecule has 0 radical (unpaired) electrons. The monoisotopic (exact) mass is 407 g/mol. The van der Waals surface area contributed by atoms with E-state index >= 15 is 0 Å². The van der Waals surface area contributed by atoms with E-state index in [4.69, 9.17) is 4.74 Å². The van der Waals surface area contributed by atoms with Crippen LogP contribution in [0.15, 0.2) is 27.1 Å². The second kappa shape index (κ2) is 10.6. The number of anilines is 1. The molecule has 0 saturated heterocycles. The highest BCUT2D eigenvalue weighted by atomic mass is 79.9. The quantitative estimate of drug-likeness (QED) is 0.556. The fourth-order valence-electron chi connectivity index (χ4n) is 1.77. The topological polar surface area (TPSA) is 41.5 Å². The molecule has 0 bridgehead atoms. The summed E-state index contributed by atoms with van der Waals surface area (Å²) in [4.78, 5) is 0. The molecule has 20 heavy (non-hydrogen) atoms. The molecule has 0 aromatic heterocycles. The predicted molar refractivity (Wildman–Crippen MR) is 91.3 cm³/mol. The SMILES string of the molecule is CCCCCCOCC(O)CNc1cc(Br)ccc1Br. The van der Waals surface area contributed by atoms with E-state index in [1.54, 1.807) is 0 Å². The highest BCUT2D eigenvalue weighted by Crippen LogP contribution is 2.25. The molecule has 3 nitrogen and oxygen atoms in total. The Morgan fingerprint density at radius 2 is 2.05 bits per heavy atom. The molecule has 0 heterocycles. The summed E-state index contributed by atoms with van der Waals surface area (Å²) in [6.07, 6.45) is 4.27. The number of nitrogens with one attached hydrogen (secondary N) is 1. The van der Waals surface area contributed by atoms with E-state index in [2.05, 4.69) is 44.1 Å². The first-order valence-corrected chi connectivity index (χ1v) is 8.66. The first-order valence-electron chi connectivity index (χ1n) is 7.08. The van der Waals surface area contributed by atoms with E-state index in [0.29, 0.717) is 13.2 Å². The maximum absolute atomic E-state index is 9.86. The normalized spacial score (nSPS) is 12.4. The summed E-state index contributed by atoms with van der Waals surface area (Å²) in [5.41, 5.74) is 0.960. The molecule has 0 saturated carbocycles. The van der Waals surface area contributed by atoms with Crippen LogP contribution in [0.3, 0.4) is 0 Å². The molecule has 114 valence electrons. The highest BCUT2D eigenvalue weighted by Gasteiger charge is 2.06. The van der Waals surface area contributed by atoms with Gasteiger partial charge >= 0.3 is 0 Å². The maximum atomic E-state index is 9.86. The lowest BCUT2D eigenvalue weighted by atomic mass is 10.2. The third-order valence-electron chi connectivity index (χ3n) is 2.91. The fraction of sp³-hybridized carbons (Fsp3) is 0.600. The highest BCUT2D eigenvalue weighted by molar-refractivity contribution is 9.11. The van der Waals surface area contributed by atoms with Gasteiger partial charge in [-0.2, -0.15) is 0 Å². The minimum Gasteiger partial charge on any atom is -0.389 e. The molecule has 0 aliphatic heterocycles. The lowest BCUT2D eigenvalue weighted by molar-refractivity contribution is 0.0416. The van der Waals surface area contributed by atoms with Crippen molar-refractivity contribution in [3.63, 3.8) is 0 Å². The summed E-state index contributed by atoms with van der Waals surface area (Å²) < 4.78 is 7.46. The molecule has 5 heteroatoms. The van der Waals surface area contributed by atoms with Crippen LogP contribution in [0.25, 0.3) is 0 Å². The van der Waals surface area contributed by atoms with Crippen LogP contribution in [0.2, 0.25) is 0 Å². The van der Waals surface area contributed by atoms with Gasteiger partial charge in [0.2, 0.25) is 0 Å². The van der Waals surface area contributed by atoms with Crippen LogP contribution in [0.1, 0.15) is 32.6 Å². The molecule has 2 N–H and O–H groups in total. The number of halogens is 2. The van der Waals surface area contributed by atoms with E-state index in [0.717, 1.165) is 27.7 Å². The zero-order valence-corrected chi connectivity index (χ0v) is 15.0. The Morgan fingerprint density at radius 3 is 2.80 bits per heavy atom. The van der Waals surface area contributed by atoms with Gasteiger partial charge in [0.15, 0.2) is 0 Å². The van der Waals surface area contributed by atoms with E-state index in [-0.39, 0.29) is 0 Å². The van der Waals surface area contributed by atoms with Crippen LogP contribution in [-0.4, -0.2) is 31.0 Å². The largest absolute Gasteiger partial charge is 0.389 e. The average Bonchev–Trinajstić information content (AvgIpc) is 2.43. The van der Waals surface area contributed by atoms with Crippen molar-refractivity contribution in [2.45, 2.75) is 38.7 Å². The molecule has 1 atom stereocenters.